The first-order valence-electron chi connectivity index (χ1n) is 8.09. The molecule has 142 valence electrons. The van der Waals surface area contributed by atoms with Crippen LogP contribution < -0.4 is 5.32 Å². The highest BCUT2D eigenvalue weighted by Gasteiger charge is 2.40. The molecule has 10 heteroatoms. The molecule has 0 atom stereocenters. The zero-order valence-corrected chi connectivity index (χ0v) is 14.3. The first-order chi connectivity index (χ1) is 13.3. The van der Waals surface area contributed by atoms with Crippen LogP contribution in [0.3, 0.4) is 0 Å². The number of H-pyrrole nitrogens is 1. The smallest absolute Gasteiger partial charge is 0.323 e. The molecule has 3 heterocycles. The fraction of sp³-hybridized carbons (Fsp3) is 0.111. The van der Waals surface area contributed by atoms with E-state index in [1.54, 1.807) is 13.0 Å². The zero-order valence-electron chi connectivity index (χ0n) is 14.3. The third kappa shape index (κ3) is 3.24. The Labute approximate surface area is 155 Å². The molecule has 0 aliphatic heterocycles. The van der Waals surface area contributed by atoms with E-state index in [9.17, 15) is 17.6 Å². The van der Waals surface area contributed by atoms with Gasteiger partial charge < -0.3 is 5.32 Å². The fourth-order valence-corrected chi connectivity index (χ4v) is 2.62. The molecule has 0 bridgehead atoms. The number of pyridine rings is 1. The van der Waals surface area contributed by atoms with Crippen LogP contribution in [0.25, 0.3) is 10.9 Å². The van der Waals surface area contributed by atoms with Crippen molar-refractivity contribution in [1.29, 1.82) is 0 Å². The lowest BCUT2D eigenvalue weighted by molar-refractivity contribution is 0.0285. The Morgan fingerprint density at radius 3 is 2.46 bits per heavy atom. The molecule has 0 fully saturated rings. The zero-order chi connectivity index (χ0) is 19.9. The van der Waals surface area contributed by atoms with Crippen molar-refractivity contribution >= 4 is 22.5 Å². The van der Waals surface area contributed by atoms with E-state index in [-0.39, 0.29) is 11.3 Å². The number of nitrogens with zero attached hydrogens (tertiary/aromatic N) is 4. The predicted molar refractivity (Wildman–Crippen MR) is 93.3 cm³/mol. The minimum absolute atomic E-state index is 0.0216. The van der Waals surface area contributed by atoms with E-state index in [4.69, 9.17) is 0 Å². The summed E-state index contributed by atoms with van der Waals surface area (Å²) in [5, 5.41) is 9.85. The second-order valence-electron chi connectivity index (χ2n) is 6.05. The Morgan fingerprint density at radius 2 is 1.79 bits per heavy atom. The van der Waals surface area contributed by atoms with Gasteiger partial charge in [-0.15, -0.1) is 0 Å². The van der Waals surface area contributed by atoms with E-state index in [0.717, 1.165) is 23.9 Å². The molecule has 3 aromatic heterocycles. The van der Waals surface area contributed by atoms with Gasteiger partial charge in [0.1, 0.15) is 23.1 Å². The van der Waals surface area contributed by atoms with Gasteiger partial charge in [-0.2, -0.15) is 13.9 Å². The van der Waals surface area contributed by atoms with Crippen molar-refractivity contribution in [3.8, 4) is 0 Å². The van der Waals surface area contributed by atoms with Crippen LogP contribution in [0.2, 0.25) is 0 Å². The first kappa shape index (κ1) is 17.8. The fourth-order valence-electron chi connectivity index (χ4n) is 2.62. The average molecular weight is 388 g/mol. The van der Waals surface area contributed by atoms with E-state index in [0.29, 0.717) is 17.4 Å². The molecule has 0 amide bonds. The topological polar surface area (TPSA) is 79.4 Å². The number of hydrogen-bond acceptors (Lipinski definition) is 5. The summed E-state index contributed by atoms with van der Waals surface area (Å²) in [5.41, 5.74) is -0.0132. The number of fused-ring (bicyclic) bond motifs is 1. The number of aromatic nitrogens is 5. The van der Waals surface area contributed by atoms with Crippen LogP contribution in [0.15, 0.2) is 42.6 Å². The van der Waals surface area contributed by atoms with Crippen molar-refractivity contribution in [2.75, 3.05) is 5.32 Å². The van der Waals surface area contributed by atoms with Crippen LogP contribution in [-0.2, 0) is 5.92 Å². The minimum atomic E-state index is -3.73. The molecule has 4 aromatic rings. The number of rotatable bonds is 4. The number of halogens is 4. The molecule has 0 radical (unpaired) electrons. The van der Waals surface area contributed by atoms with Crippen LogP contribution in [-0.4, -0.2) is 25.1 Å². The molecule has 0 aliphatic rings. The van der Waals surface area contributed by atoms with Crippen molar-refractivity contribution in [3.63, 3.8) is 0 Å². The van der Waals surface area contributed by atoms with E-state index >= 15 is 0 Å². The first-order valence-corrected chi connectivity index (χ1v) is 8.09. The second-order valence-corrected chi connectivity index (χ2v) is 6.05. The van der Waals surface area contributed by atoms with Crippen molar-refractivity contribution in [1.82, 2.24) is 25.1 Å². The van der Waals surface area contributed by atoms with Gasteiger partial charge in [0.15, 0.2) is 5.82 Å². The molecule has 28 heavy (non-hydrogen) atoms. The summed E-state index contributed by atoms with van der Waals surface area (Å²) >= 11 is 0. The third-order valence-corrected chi connectivity index (χ3v) is 3.94. The number of nitrogens with one attached hydrogen (secondary N) is 2. The quantitative estimate of drug-likeness (QED) is 0.512. The molecular formula is C18H12F4N6. The summed E-state index contributed by atoms with van der Waals surface area (Å²) in [6, 6.07) is 6.93. The van der Waals surface area contributed by atoms with E-state index < -0.39 is 29.1 Å². The average Bonchev–Trinajstić information content (AvgIpc) is 3.06. The van der Waals surface area contributed by atoms with Crippen LogP contribution in [0.4, 0.5) is 29.2 Å². The van der Waals surface area contributed by atoms with Crippen molar-refractivity contribution in [2.45, 2.75) is 12.8 Å². The van der Waals surface area contributed by atoms with Gasteiger partial charge in [-0.3, -0.25) is 10.1 Å². The van der Waals surface area contributed by atoms with Gasteiger partial charge in [-0.05, 0) is 31.2 Å². The normalized spacial score (nSPS) is 11.8. The van der Waals surface area contributed by atoms with Crippen LogP contribution in [0, 0.1) is 18.6 Å². The van der Waals surface area contributed by atoms with Gasteiger partial charge in [0.2, 0.25) is 5.82 Å². The highest BCUT2D eigenvalue weighted by Crippen LogP contribution is 2.35. The summed E-state index contributed by atoms with van der Waals surface area (Å²) in [5.74, 6) is -5.66. The highest BCUT2D eigenvalue weighted by molar-refractivity contribution is 5.90. The van der Waals surface area contributed by atoms with Crippen LogP contribution >= 0.6 is 0 Å². The Hall–Kier alpha value is -3.56. The van der Waals surface area contributed by atoms with Gasteiger partial charge in [0, 0.05) is 23.2 Å². The van der Waals surface area contributed by atoms with Gasteiger partial charge >= 0.3 is 5.92 Å². The van der Waals surface area contributed by atoms with Crippen LogP contribution in [0.5, 0.6) is 0 Å². The molecule has 2 N–H and O–H groups in total. The lowest BCUT2D eigenvalue weighted by Crippen LogP contribution is -2.21. The van der Waals surface area contributed by atoms with Gasteiger partial charge in [0.25, 0.3) is 0 Å². The number of alkyl halides is 2. The SMILES string of the molecule is Cc1cc(Nc2nc(C(F)(F)c3ccc(F)cn3)nc3cc(F)ccc23)n[nH]1. The number of anilines is 2. The third-order valence-electron chi connectivity index (χ3n) is 3.94. The lowest BCUT2D eigenvalue weighted by Gasteiger charge is -2.16. The molecule has 6 nitrogen and oxygen atoms in total. The number of aryl methyl sites for hydroxylation is 1. The summed E-state index contributed by atoms with van der Waals surface area (Å²) in [4.78, 5) is 11.2. The van der Waals surface area contributed by atoms with E-state index in [1.807, 2.05) is 0 Å². The molecule has 1 aromatic carbocycles. The standard InChI is InChI=1S/C18H12F4N6/c1-9-6-15(28-27-9)25-16-12-4-2-10(19)7-13(12)24-17(26-16)18(21,22)14-5-3-11(20)8-23-14/h2-8H,1H3,(H2,24,25,26,27,28). The number of benzene rings is 1. The molecular weight excluding hydrogens is 376 g/mol. The van der Waals surface area contributed by atoms with Crippen molar-refractivity contribution < 1.29 is 17.6 Å². The second kappa shape index (κ2) is 6.55. The lowest BCUT2D eigenvalue weighted by atomic mass is 10.1. The summed E-state index contributed by atoms with van der Waals surface area (Å²) in [7, 11) is 0. The maximum atomic E-state index is 14.9. The highest BCUT2D eigenvalue weighted by atomic mass is 19.3. The number of aromatic amines is 1. The van der Waals surface area contributed by atoms with Gasteiger partial charge in [-0.1, -0.05) is 0 Å². The Balaban J connectivity index is 1.87. The molecule has 4 rings (SSSR count). The summed E-state index contributed by atoms with van der Waals surface area (Å²) in [6.07, 6.45) is 0.676. The van der Waals surface area contributed by atoms with Crippen molar-refractivity contribution in [3.05, 3.63) is 71.4 Å². The molecule has 0 spiro atoms. The molecule has 0 aliphatic carbocycles. The summed E-state index contributed by atoms with van der Waals surface area (Å²) in [6.45, 7) is 1.77. The van der Waals surface area contributed by atoms with Crippen molar-refractivity contribution in [2.24, 2.45) is 0 Å². The van der Waals surface area contributed by atoms with Crippen LogP contribution in [0.1, 0.15) is 17.2 Å². The maximum absolute atomic E-state index is 14.9. The molecule has 0 unspecified atom stereocenters. The Bertz CT molecular complexity index is 1160. The predicted octanol–water partition coefficient (Wildman–Crippen LogP) is 4.22. The van der Waals surface area contributed by atoms with Gasteiger partial charge in [0.05, 0.1) is 11.7 Å². The number of hydrogen-bond donors (Lipinski definition) is 2. The maximum Gasteiger partial charge on any atom is 0.348 e. The van der Waals surface area contributed by atoms with E-state index in [1.165, 1.54) is 12.1 Å². The largest absolute Gasteiger partial charge is 0.348 e. The molecule has 0 saturated heterocycles. The minimum Gasteiger partial charge on any atom is -0.323 e. The van der Waals surface area contributed by atoms with Gasteiger partial charge in [-0.25, -0.2) is 18.7 Å². The monoisotopic (exact) mass is 388 g/mol. The Kier molecular flexibility index (Phi) is 4.17. The van der Waals surface area contributed by atoms with E-state index in [2.05, 4.69) is 30.5 Å². The molecule has 0 saturated carbocycles. The summed E-state index contributed by atoms with van der Waals surface area (Å²) < 4.78 is 56.5. The Morgan fingerprint density at radius 1 is 1.00 bits per heavy atom.